The quantitative estimate of drug-likeness (QED) is 0.209. The summed E-state index contributed by atoms with van der Waals surface area (Å²) in [5, 5.41) is 17.4. The van der Waals surface area contributed by atoms with Crippen molar-refractivity contribution in [3.05, 3.63) is 47.3 Å². The van der Waals surface area contributed by atoms with Gasteiger partial charge in [-0.2, -0.15) is 11.8 Å². The number of aliphatic hydroxyl groups is 1. The maximum Gasteiger partial charge on any atom is 0.191 e. The van der Waals surface area contributed by atoms with Crippen LogP contribution in [0.25, 0.3) is 0 Å². The van der Waals surface area contributed by atoms with Gasteiger partial charge in [-0.25, -0.2) is 4.99 Å². The second kappa shape index (κ2) is 11.7. The van der Waals surface area contributed by atoms with Crippen LogP contribution < -0.4 is 10.6 Å². The molecule has 0 spiro atoms. The Kier molecular flexibility index (Phi) is 10.3. The SMILES string of the molecule is CSCCNC(=NCC(C)(O)c1cc(C)oc1C)NCCc1ccco1.I. The summed E-state index contributed by atoms with van der Waals surface area (Å²) in [6, 6.07) is 5.71. The normalized spacial score (nSPS) is 13.7. The van der Waals surface area contributed by atoms with Crippen molar-refractivity contribution < 1.29 is 13.9 Å². The van der Waals surface area contributed by atoms with Crippen molar-refractivity contribution in [2.75, 3.05) is 31.6 Å². The van der Waals surface area contributed by atoms with Crippen LogP contribution in [0, 0.1) is 13.8 Å². The number of thioether (sulfide) groups is 1. The fraction of sp³-hybridized carbons (Fsp3) is 0.526. The molecule has 0 aliphatic heterocycles. The van der Waals surface area contributed by atoms with Crippen LogP contribution in [0.2, 0.25) is 0 Å². The Morgan fingerprint density at radius 3 is 2.63 bits per heavy atom. The lowest BCUT2D eigenvalue weighted by molar-refractivity contribution is 0.0657. The van der Waals surface area contributed by atoms with E-state index in [4.69, 9.17) is 8.83 Å². The Hall–Kier alpha value is -1.13. The van der Waals surface area contributed by atoms with Crippen molar-refractivity contribution in [2.24, 2.45) is 4.99 Å². The number of guanidine groups is 1. The highest BCUT2D eigenvalue weighted by atomic mass is 127. The molecule has 0 amide bonds. The molecule has 3 N–H and O–H groups in total. The van der Waals surface area contributed by atoms with Gasteiger partial charge in [0.25, 0.3) is 0 Å². The van der Waals surface area contributed by atoms with Gasteiger partial charge in [-0.1, -0.05) is 0 Å². The molecule has 0 radical (unpaired) electrons. The molecule has 0 saturated carbocycles. The molecular weight excluding hydrogens is 477 g/mol. The molecule has 0 fully saturated rings. The molecule has 0 aliphatic carbocycles. The van der Waals surface area contributed by atoms with E-state index in [1.807, 2.05) is 32.0 Å². The number of rotatable bonds is 9. The van der Waals surface area contributed by atoms with Crippen molar-refractivity contribution in [1.82, 2.24) is 10.6 Å². The summed E-state index contributed by atoms with van der Waals surface area (Å²) in [7, 11) is 0. The molecular formula is C19H30IN3O3S. The monoisotopic (exact) mass is 507 g/mol. The molecule has 2 aromatic rings. The maximum atomic E-state index is 10.8. The van der Waals surface area contributed by atoms with E-state index in [1.165, 1.54) is 0 Å². The van der Waals surface area contributed by atoms with Crippen LogP contribution >= 0.6 is 35.7 Å². The average Bonchev–Trinajstić information content (AvgIpc) is 3.22. The number of halogens is 1. The van der Waals surface area contributed by atoms with Gasteiger partial charge in [-0.3, -0.25) is 0 Å². The zero-order valence-corrected chi connectivity index (χ0v) is 19.5. The van der Waals surface area contributed by atoms with Gasteiger partial charge in [0.05, 0.1) is 12.8 Å². The minimum absolute atomic E-state index is 0. The van der Waals surface area contributed by atoms with Crippen LogP contribution in [0.1, 0.15) is 29.8 Å². The van der Waals surface area contributed by atoms with Gasteiger partial charge < -0.3 is 24.6 Å². The summed E-state index contributed by atoms with van der Waals surface area (Å²) in [4.78, 5) is 4.58. The van der Waals surface area contributed by atoms with Gasteiger partial charge >= 0.3 is 0 Å². The Morgan fingerprint density at radius 2 is 2.04 bits per heavy atom. The summed E-state index contributed by atoms with van der Waals surface area (Å²) in [6.07, 6.45) is 4.51. The minimum Gasteiger partial charge on any atom is -0.469 e. The Morgan fingerprint density at radius 1 is 1.30 bits per heavy atom. The fourth-order valence-electron chi connectivity index (χ4n) is 2.69. The summed E-state index contributed by atoms with van der Waals surface area (Å²) in [5.74, 6) is 4.11. The van der Waals surface area contributed by atoms with Gasteiger partial charge in [-0.05, 0) is 45.2 Å². The smallest absolute Gasteiger partial charge is 0.191 e. The molecule has 152 valence electrons. The van der Waals surface area contributed by atoms with Crippen LogP contribution in [-0.2, 0) is 12.0 Å². The highest BCUT2D eigenvalue weighted by Gasteiger charge is 2.27. The minimum atomic E-state index is -1.09. The second-order valence-electron chi connectivity index (χ2n) is 6.44. The zero-order chi connectivity index (χ0) is 19.0. The topological polar surface area (TPSA) is 82.9 Å². The molecule has 2 heterocycles. The summed E-state index contributed by atoms with van der Waals surface area (Å²) >= 11 is 1.77. The molecule has 1 atom stereocenters. The van der Waals surface area contributed by atoms with E-state index in [0.717, 1.165) is 41.6 Å². The predicted molar refractivity (Wildman–Crippen MR) is 122 cm³/mol. The van der Waals surface area contributed by atoms with Gasteiger partial charge in [-0.15, -0.1) is 24.0 Å². The highest BCUT2D eigenvalue weighted by molar-refractivity contribution is 14.0. The number of aliphatic imine (C=N–C) groups is 1. The van der Waals surface area contributed by atoms with Crippen LogP contribution in [0.3, 0.4) is 0 Å². The molecule has 0 aliphatic rings. The number of nitrogens with one attached hydrogen (secondary N) is 2. The van der Waals surface area contributed by atoms with E-state index in [9.17, 15) is 5.11 Å². The number of nitrogens with zero attached hydrogens (tertiary/aromatic N) is 1. The molecule has 0 aromatic carbocycles. The van der Waals surface area contributed by atoms with Crippen molar-refractivity contribution in [1.29, 1.82) is 0 Å². The molecule has 8 heteroatoms. The Labute approximate surface area is 182 Å². The van der Waals surface area contributed by atoms with Crippen molar-refractivity contribution in [3.63, 3.8) is 0 Å². The lowest BCUT2D eigenvalue weighted by Gasteiger charge is -2.21. The van der Waals surface area contributed by atoms with Gasteiger partial charge in [0.15, 0.2) is 5.96 Å². The van der Waals surface area contributed by atoms with Crippen molar-refractivity contribution in [2.45, 2.75) is 32.8 Å². The number of hydrogen-bond donors (Lipinski definition) is 3. The second-order valence-corrected chi connectivity index (χ2v) is 7.43. The van der Waals surface area contributed by atoms with E-state index >= 15 is 0 Å². The van der Waals surface area contributed by atoms with Gasteiger partial charge in [0, 0.05) is 30.8 Å². The largest absolute Gasteiger partial charge is 0.469 e. The van der Waals surface area contributed by atoms with E-state index < -0.39 is 5.60 Å². The van der Waals surface area contributed by atoms with Crippen LogP contribution in [0.5, 0.6) is 0 Å². The molecule has 6 nitrogen and oxygen atoms in total. The predicted octanol–water partition coefficient (Wildman–Crippen LogP) is 3.46. The molecule has 0 saturated heterocycles. The van der Waals surface area contributed by atoms with E-state index in [0.29, 0.717) is 12.5 Å². The standard InChI is InChI=1S/C19H29N3O3S.HI/c1-14-12-17(15(2)25-14)19(3,23)13-22-18(21-9-11-26-4)20-8-7-16-6-5-10-24-16;/h5-6,10,12,23H,7-9,11,13H2,1-4H3,(H2,20,21,22);1H. The lowest BCUT2D eigenvalue weighted by atomic mass is 9.96. The van der Waals surface area contributed by atoms with E-state index in [2.05, 4.69) is 21.9 Å². The van der Waals surface area contributed by atoms with Gasteiger partial charge in [0.2, 0.25) is 0 Å². The zero-order valence-electron chi connectivity index (χ0n) is 16.4. The first-order valence-electron chi connectivity index (χ1n) is 8.76. The van der Waals surface area contributed by atoms with Crippen molar-refractivity contribution >= 4 is 41.7 Å². The first-order valence-corrected chi connectivity index (χ1v) is 10.1. The van der Waals surface area contributed by atoms with Crippen LogP contribution in [0.15, 0.2) is 38.3 Å². The first-order chi connectivity index (χ1) is 12.4. The summed E-state index contributed by atoms with van der Waals surface area (Å²) < 4.78 is 10.9. The molecule has 27 heavy (non-hydrogen) atoms. The molecule has 1 unspecified atom stereocenters. The van der Waals surface area contributed by atoms with E-state index in [-0.39, 0.29) is 30.5 Å². The molecule has 2 rings (SSSR count). The number of aryl methyl sites for hydroxylation is 2. The third kappa shape index (κ3) is 7.79. The average molecular weight is 507 g/mol. The third-order valence-corrected chi connectivity index (χ3v) is 4.62. The summed E-state index contributed by atoms with van der Waals surface area (Å²) in [6.45, 7) is 7.24. The highest BCUT2D eigenvalue weighted by Crippen LogP contribution is 2.27. The maximum absolute atomic E-state index is 10.8. The number of furan rings is 2. The van der Waals surface area contributed by atoms with Crippen LogP contribution in [0.4, 0.5) is 0 Å². The van der Waals surface area contributed by atoms with Crippen molar-refractivity contribution in [3.8, 4) is 0 Å². The Balaban J connectivity index is 0.00000364. The van der Waals surface area contributed by atoms with Gasteiger partial charge in [0.1, 0.15) is 22.9 Å². The third-order valence-electron chi connectivity index (χ3n) is 4.01. The lowest BCUT2D eigenvalue weighted by Crippen LogP contribution is -2.40. The first kappa shape index (κ1) is 23.9. The summed E-state index contributed by atoms with van der Waals surface area (Å²) in [5.41, 5.74) is -0.311. The van der Waals surface area contributed by atoms with E-state index in [1.54, 1.807) is 24.9 Å². The number of hydrogen-bond acceptors (Lipinski definition) is 5. The molecule has 2 aromatic heterocycles. The fourth-order valence-corrected chi connectivity index (χ4v) is 2.99. The van der Waals surface area contributed by atoms with Crippen LogP contribution in [-0.4, -0.2) is 42.7 Å². The Bertz CT molecular complexity index is 699. The molecule has 0 bridgehead atoms.